The topological polar surface area (TPSA) is 15.3 Å². The zero-order valence-electron chi connectivity index (χ0n) is 10.1. The van der Waals surface area contributed by atoms with Gasteiger partial charge in [-0.3, -0.25) is 4.90 Å². The molecule has 0 saturated carbocycles. The Morgan fingerprint density at radius 3 is 2.94 bits per heavy atom. The first kappa shape index (κ1) is 13.5. The molecule has 1 aliphatic rings. The summed E-state index contributed by atoms with van der Waals surface area (Å²) in [5.74, 6) is 0. The molecule has 1 aliphatic heterocycles. The van der Waals surface area contributed by atoms with Crippen molar-refractivity contribution in [3.8, 4) is 0 Å². The molecule has 1 saturated heterocycles. The second-order valence-electron chi connectivity index (χ2n) is 4.51. The highest BCUT2D eigenvalue weighted by atomic mass is 35.5. The van der Waals surface area contributed by atoms with Crippen LogP contribution in [0.5, 0.6) is 0 Å². The van der Waals surface area contributed by atoms with Crippen LogP contribution < -0.4 is 5.32 Å². The molecule has 0 amide bonds. The lowest BCUT2D eigenvalue weighted by Crippen LogP contribution is -2.49. The second kappa shape index (κ2) is 6.24. The summed E-state index contributed by atoms with van der Waals surface area (Å²) in [4.78, 5) is 2.55. The van der Waals surface area contributed by atoms with Crippen LogP contribution in [0.2, 0.25) is 0 Å². The van der Waals surface area contributed by atoms with Crippen LogP contribution in [0, 0.1) is 6.92 Å². The first-order valence-electron chi connectivity index (χ1n) is 5.76. The normalized spacial score (nSPS) is 21.5. The highest BCUT2D eigenvalue weighted by Crippen LogP contribution is 2.11. The largest absolute Gasteiger partial charge is 0.314 e. The van der Waals surface area contributed by atoms with Crippen LogP contribution in [0.3, 0.4) is 0 Å². The Bertz CT molecular complexity index is 327. The lowest BCUT2D eigenvalue weighted by molar-refractivity contribution is 0.165. The van der Waals surface area contributed by atoms with Crippen LogP contribution in [-0.2, 0) is 6.54 Å². The summed E-state index contributed by atoms with van der Waals surface area (Å²) in [6, 6.07) is 9.47. The smallest absolute Gasteiger partial charge is 0.0237 e. The number of hydrogen-bond donors (Lipinski definition) is 1. The second-order valence-corrected chi connectivity index (χ2v) is 4.51. The number of halogens is 1. The van der Waals surface area contributed by atoms with Crippen LogP contribution in [0.4, 0.5) is 0 Å². The van der Waals surface area contributed by atoms with Crippen molar-refractivity contribution in [1.82, 2.24) is 10.2 Å². The van der Waals surface area contributed by atoms with Crippen molar-refractivity contribution in [3.05, 3.63) is 35.4 Å². The SMILES string of the molecule is Cc1cccc(CN2CCNC[C@H]2C)c1.Cl. The molecule has 1 aromatic rings. The molecule has 3 heteroatoms. The van der Waals surface area contributed by atoms with Gasteiger partial charge in [-0.25, -0.2) is 0 Å². The van der Waals surface area contributed by atoms with Crippen molar-refractivity contribution in [1.29, 1.82) is 0 Å². The van der Waals surface area contributed by atoms with E-state index in [4.69, 9.17) is 0 Å². The molecule has 1 aromatic carbocycles. The van der Waals surface area contributed by atoms with Crippen LogP contribution in [0.25, 0.3) is 0 Å². The fraction of sp³-hybridized carbons (Fsp3) is 0.538. The van der Waals surface area contributed by atoms with Gasteiger partial charge in [-0.2, -0.15) is 0 Å². The average molecular weight is 241 g/mol. The Balaban J connectivity index is 0.00000128. The van der Waals surface area contributed by atoms with Gasteiger partial charge in [0.2, 0.25) is 0 Å². The van der Waals surface area contributed by atoms with Gasteiger partial charge in [-0.05, 0) is 19.4 Å². The van der Waals surface area contributed by atoms with Gasteiger partial charge in [0.05, 0.1) is 0 Å². The van der Waals surface area contributed by atoms with Crippen LogP contribution >= 0.6 is 12.4 Å². The molecule has 0 aromatic heterocycles. The summed E-state index contributed by atoms with van der Waals surface area (Å²) in [6.07, 6.45) is 0. The molecule has 2 rings (SSSR count). The molecule has 1 N–H and O–H groups in total. The van der Waals surface area contributed by atoms with E-state index in [0.717, 1.165) is 26.2 Å². The van der Waals surface area contributed by atoms with Crippen LogP contribution in [0.15, 0.2) is 24.3 Å². The van der Waals surface area contributed by atoms with Crippen molar-refractivity contribution in [3.63, 3.8) is 0 Å². The quantitative estimate of drug-likeness (QED) is 0.853. The molecule has 0 aliphatic carbocycles. The first-order chi connectivity index (χ1) is 7.25. The lowest BCUT2D eigenvalue weighted by Gasteiger charge is -2.33. The Morgan fingerprint density at radius 1 is 1.44 bits per heavy atom. The van der Waals surface area contributed by atoms with Gasteiger partial charge in [-0.1, -0.05) is 29.8 Å². The minimum atomic E-state index is 0. The van der Waals surface area contributed by atoms with Crippen LogP contribution in [-0.4, -0.2) is 30.6 Å². The van der Waals surface area contributed by atoms with Crippen molar-refractivity contribution < 1.29 is 0 Å². The fourth-order valence-electron chi connectivity index (χ4n) is 2.16. The molecule has 16 heavy (non-hydrogen) atoms. The van der Waals surface area contributed by atoms with Crippen molar-refractivity contribution in [2.75, 3.05) is 19.6 Å². The maximum Gasteiger partial charge on any atom is 0.0237 e. The minimum Gasteiger partial charge on any atom is -0.314 e. The number of rotatable bonds is 2. The third kappa shape index (κ3) is 3.48. The van der Waals surface area contributed by atoms with Gasteiger partial charge >= 0.3 is 0 Å². The predicted molar refractivity (Wildman–Crippen MR) is 71.2 cm³/mol. The fourth-order valence-corrected chi connectivity index (χ4v) is 2.16. The zero-order valence-corrected chi connectivity index (χ0v) is 10.9. The minimum absolute atomic E-state index is 0. The van der Waals surface area contributed by atoms with Gasteiger partial charge in [0.1, 0.15) is 0 Å². The first-order valence-corrected chi connectivity index (χ1v) is 5.76. The summed E-state index contributed by atoms with van der Waals surface area (Å²) in [7, 11) is 0. The summed E-state index contributed by atoms with van der Waals surface area (Å²) in [5, 5.41) is 3.42. The molecule has 0 radical (unpaired) electrons. The molecule has 0 bridgehead atoms. The molecule has 1 heterocycles. The average Bonchev–Trinajstić information content (AvgIpc) is 2.22. The predicted octanol–water partition coefficient (Wildman–Crippen LogP) is 2.21. The number of nitrogens with one attached hydrogen (secondary N) is 1. The van der Waals surface area contributed by atoms with E-state index in [1.54, 1.807) is 0 Å². The molecular weight excluding hydrogens is 220 g/mol. The van der Waals surface area contributed by atoms with Gasteiger partial charge in [0, 0.05) is 32.2 Å². The zero-order chi connectivity index (χ0) is 10.7. The van der Waals surface area contributed by atoms with Crippen molar-refractivity contribution in [2.24, 2.45) is 0 Å². The van der Waals surface area contributed by atoms with Crippen molar-refractivity contribution >= 4 is 12.4 Å². The molecule has 0 unspecified atom stereocenters. The molecular formula is C13H21ClN2. The van der Waals surface area contributed by atoms with E-state index in [2.05, 4.69) is 48.3 Å². The van der Waals surface area contributed by atoms with Gasteiger partial charge in [0.15, 0.2) is 0 Å². The summed E-state index contributed by atoms with van der Waals surface area (Å²) in [5.41, 5.74) is 2.79. The van der Waals surface area contributed by atoms with E-state index >= 15 is 0 Å². The maximum atomic E-state index is 3.42. The summed E-state index contributed by atoms with van der Waals surface area (Å²) in [6.45, 7) is 8.94. The number of aryl methyl sites for hydroxylation is 1. The Labute approximate surface area is 104 Å². The van der Waals surface area contributed by atoms with Crippen molar-refractivity contribution in [2.45, 2.75) is 26.4 Å². The Morgan fingerprint density at radius 2 is 2.25 bits per heavy atom. The highest BCUT2D eigenvalue weighted by Gasteiger charge is 2.17. The molecule has 2 nitrogen and oxygen atoms in total. The number of nitrogens with zero attached hydrogens (tertiary/aromatic N) is 1. The number of piperazine rings is 1. The lowest BCUT2D eigenvalue weighted by atomic mass is 10.1. The van der Waals surface area contributed by atoms with E-state index in [9.17, 15) is 0 Å². The van der Waals surface area contributed by atoms with E-state index in [-0.39, 0.29) is 12.4 Å². The monoisotopic (exact) mass is 240 g/mol. The van der Waals surface area contributed by atoms with E-state index in [1.165, 1.54) is 11.1 Å². The van der Waals surface area contributed by atoms with Crippen LogP contribution in [0.1, 0.15) is 18.1 Å². The third-order valence-corrected chi connectivity index (χ3v) is 3.11. The van der Waals surface area contributed by atoms with Gasteiger partial charge < -0.3 is 5.32 Å². The highest BCUT2D eigenvalue weighted by molar-refractivity contribution is 5.85. The van der Waals surface area contributed by atoms with Gasteiger partial charge in [-0.15, -0.1) is 12.4 Å². The molecule has 0 spiro atoms. The van der Waals surface area contributed by atoms with E-state index in [0.29, 0.717) is 6.04 Å². The van der Waals surface area contributed by atoms with Gasteiger partial charge in [0.25, 0.3) is 0 Å². The molecule has 1 fully saturated rings. The van der Waals surface area contributed by atoms with E-state index in [1.807, 2.05) is 0 Å². The summed E-state index contributed by atoms with van der Waals surface area (Å²) < 4.78 is 0. The number of benzene rings is 1. The maximum absolute atomic E-state index is 3.42. The number of hydrogen-bond acceptors (Lipinski definition) is 2. The molecule has 1 atom stereocenters. The third-order valence-electron chi connectivity index (χ3n) is 3.11. The summed E-state index contributed by atoms with van der Waals surface area (Å²) >= 11 is 0. The Hall–Kier alpha value is -0.570. The van der Waals surface area contributed by atoms with E-state index < -0.39 is 0 Å². The standard InChI is InChI=1S/C13H20N2.ClH/c1-11-4-3-5-13(8-11)10-15-7-6-14-9-12(15)2;/h3-5,8,12,14H,6-7,9-10H2,1-2H3;1H/t12-;/m1./s1. The Kier molecular flexibility index (Phi) is 5.26. The molecule has 90 valence electrons.